The number of benzene rings is 2. The number of fused-ring (bicyclic) bond motifs is 1. The average Bonchev–Trinajstić information content (AvgIpc) is 2.76. The number of nitrogens with zero attached hydrogens (tertiary/aromatic N) is 2. The van der Waals surface area contributed by atoms with Crippen molar-refractivity contribution in [2.45, 2.75) is 52.0 Å². The fourth-order valence-electron chi connectivity index (χ4n) is 4.95. The lowest BCUT2D eigenvalue weighted by atomic mass is 9.79. The smallest absolute Gasteiger partial charge is 0.270 e. The van der Waals surface area contributed by atoms with Crippen LogP contribution in [-0.2, 0) is 9.59 Å². The normalized spacial score (nSPS) is 20.8. The maximum absolute atomic E-state index is 13.4. The van der Waals surface area contributed by atoms with E-state index >= 15 is 0 Å². The van der Waals surface area contributed by atoms with E-state index in [9.17, 15) is 9.59 Å². The Hall–Kier alpha value is -2.12. The summed E-state index contributed by atoms with van der Waals surface area (Å²) in [5.74, 6) is -0.849. The molecule has 5 nitrogen and oxygen atoms in total. The summed E-state index contributed by atoms with van der Waals surface area (Å²) in [5.41, 5.74) is 3.19. The van der Waals surface area contributed by atoms with Gasteiger partial charge in [-0.3, -0.25) is 19.8 Å². The molecule has 9 heteroatoms. The van der Waals surface area contributed by atoms with Gasteiger partial charge in [-0.2, -0.15) is 0 Å². The molecule has 35 heavy (non-hydrogen) atoms. The third-order valence-corrected chi connectivity index (χ3v) is 7.87. The SMILES string of the molecule is CCCN1c2cc(Cl)c(/C=C3/C(=O)NC(=S)N(c4ccc(Cl)c(Cl)c4)C3=O)cc2C(C)CC1(C)C. The van der Waals surface area contributed by atoms with Crippen molar-refractivity contribution in [2.75, 3.05) is 16.3 Å². The third kappa shape index (κ3) is 4.82. The molecule has 1 fully saturated rings. The van der Waals surface area contributed by atoms with Crippen LogP contribution in [0.3, 0.4) is 0 Å². The van der Waals surface area contributed by atoms with Crippen molar-refractivity contribution in [3.8, 4) is 0 Å². The Labute approximate surface area is 226 Å². The molecule has 2 heterocycles. The van der Waals surface area contributed by atoms with E-state index in [1.807, 2.05) is 12.1 Å². The lowest BCUT2D eigenvalue weighted by molar-refractivity contribution is -0.122. The summed E-state index contributed by atoms with van der Waals surface area (Å²) in [4.78, 5) is 29.8. The third-order valence-electron chi connectivity index (χ3n) is 6.51. The van der Waals surface area contributed by atoms with E-state index in [-0.39, 0.29) is 21.2 Å². The largest absolute Gasteiger partial charge is 0.366 e. The van der Waals surface area contributed by atoms with Gasteiger partial charge in [0, 0.05) is 22.8 Å². The van der Waals surface area contributed by atoms with Crippen molar-refractivity contribution < 1.29 is 9.59 Å². The second kappa shape index (κ2) is 9.74. The highest BCUT2D eigenvalue weighted by Crippen LogP contribution is 2.45. The highest BCUT2D eigenvalue weighted by Gasteiger charge is 2.37. The second-order valence-electron chi connectivity index (χ2n) is 9.56. The molecule has 2 aromatic carbocycles. The van der Waals surface area contributed by atoms with Crippen molar-refractivity contribution in [1.29, 1.82) is 0 Å². The molecule has 0 radical (unpaired) electrons. The summed E-state index contributed by atoms with van der Waals surface area (Å²) in [7, 11) is 0. The molecule has 0 saturated carbocycles. The van der Waals surface area contributed by atoms with Gasteiger partial charge in [-0.1, -0.05) is 48.7 Å². The van der Waals surface area contributed by atoms with Gasteiger partial charge in [0.05, 0.1) is 15.7 Å². The first kappa shape index (κ1) is 26.0. The Bertz CT molecular complexity index is 1270. The van der Waals surface area contributed by atoms with Crippen LogP contribution in [0, 0.1) is 0 Å². The second-order valence-corrected chi connectivity index (χ2v) is 11.2. The summed E-state index contributed by atoms with van der Waals surface area (Å²) >= 11 is 24.2. The maximum Gasteiger partial charge on any atom is 0.270 e. The number of nitrogens with one attached hydrogen (secondary N) is 1. The Morgan fingerprint density at radius 2 is 1.83 bits per heavy atom. The number of carbonyl (C=O) groups is 2. The lowest BCUT2D eigenvalue weighted by Gasteiger charge is -2.47. The highest BCUT2D eigenvalue weighted by atomic mass is 35.5. The molecule has 1 unspecified atom stereocenters. The van der Waals surface area contributed by atoms with Crippen LogP contribution in [0.5, 0.6) is 0 Å². The molecule has 0 aliphatic carbocycles. The molecule has 4 rings (SSSR count). The summed E-state index contributed by atoms with van der Waals surface area (Å²) < 4.78 is 0. The lowest BCUT2D eigenvalue weighted by Crippen LogP contribution is -2.54. The Balaban J connectivity index is 1.77. The van der Waals surface area contributed by atoms with E-state index in [1.54, 1.807) is 12.1 Å². The van der Waals surface area contributed by atoms with Crippen molar-refractivity contribution in [1.82, 2.24) is 5.32 Å². The first-order valence-electron chi connectivity index (χ1n) is 11.4. The van der Waals surface area contributed by atoms with Crippen LogP contribution in [0.25, 0.3) is 6.08 Å². The van der Waals surface area contributed by atoms with Crippen molar-refractivity contribution >= 4 is 81.4 Å². The van der Waals surface area contributed by atoms with Gasteiger partial charge in [0.15, 0.2) is 5.11 Å². The molecule has 1 N–H and O–H groups in total. The Morgan fingerprint density at radius 3 is 2.49 bits per heavy atom. The molecule has 1 saturated heterocycles. The molecule has 2 aliphatic heterocycles. The first-order chi connectivity index (χ1) is 16.4. The number of thiocarbonyl (C=S) groups is 1. The zero-order chi connectivity index (χ0) is 25.7. The van der Waals surface area contributed by atoms with Gasteiger partial charge in [-0.15, -0.1) is 0 Å². The average molecular weight is 551 g/mol. The van der Waals surface area contributed by atoms with E-state index in [2.05, 4.69) is 37.9 Å². The molecule has 0 spiro atoms. The maximum atomic E-state index is 13.4. The quantitative estimate of drug-likeness (QED) is 0.253. The Kier molecular flexibility index (Phi) is 7.22. The fourth-order valence-corrected chi connectivity index (χ4v) is 5.74. The number of anilines is 2. The number of carbonyl (C=O) groups excluding carboxylic acids is 2. The summed E-state index contributed by atoms with van der Waals surface area (Å²) in [6, 6.07) is 8.65. The standard InChI is InChI=1S/C26H26Cl3N3O2S/c1-5-8-31-22-12-20(28)15(9-17(22)14(2)13-26(31,3)4)10-18-23(33)30-25(35)32(24(18)34)16-6-7-19(27)21(29)11-16/h6-7,9-12,14H,5,8,13H2,1-4H3,(H,30,33,35)/b18-10-. The molecular weight excluding hydrogens is 525 g/mol. The molecule has 2 aliphatic rings. The van der Waals surface area contributed by atoms with Crippen LogP contribution < -0.4 is 15.1 Å². The van der Waals surface area contributed by atoms with Gasteiger partial charge in [0.2, 0.25) is 0 Å². The van der Waals surface area contributed by atoms with E-state index in [4.69, 9.17) is 47.0 Å². The molecule has 0 bridgehead atoms. The van der Waals surface area contributed by atoms with Gasteiger partial charge in [-0.05, 0) is 92.4 Å². The molecule has 0 aromatic heterocycles. The Morgan fingerprint density at radius 1 is 1.11 bits per heavy atom. The van der Waals surface area contributed by atoms with Crippen LogP contribution in [0.2, 0.25) is 15.1 Å². The number of rotatable bonds is 4. The minimum atomic E-state index is -0.577. The van der Waals surface area contributed by atoms with Crippen LogP contribution in [0.15, 0.2) is 35.9 Å². The van der Waals surface area contributed by atoms with Gasteiger partial charge >= 0.3 is 0 Å². The summed E-state index contributed by atoms with van der Waals surface area (Å²) in [6.07, 6.45) is 3.53. The van der Waals surface area contributed by atoms with E-state index in [1.165, 1.54) is 17.0 Å². The zero-order valence-corrected chi connectivity index (χ0v) is 23.0. The molecule has 1 atom stereocenters. The minimum Gasteiger partial charge on any atom is -0.366 e. The number of hydrogen-bond donors (Lipinski definition) is 1. The van der Waals surface area contributed by atoms with Crippen LogP contribution in [-0.4, -0.2) is 29.0 Å². The predicted octanol–water partition coefficient (Wildman–Crippen LogP) is 6.98. The van der Waals surface area contributed by atoms with E-state index < -0.39 is 11.8 Å². The fraction of sp³-hybridized carbons (Fsp3) is 0.346. The summed E-state index contributed by atoms with van der Waals surface area (Å²) in [5, 5.41) is 3.65. The molecule has 2 amide bonds. The van der Waals surface area contributed by atoms with Gasteiger partial charge in [0.1, 0.15) is 5.57 Å². The highest BCUT2D eigenvalue weighted by molar-refractivity contribution is 7.80. The van der Waals surface area contributed by atoms with Crippen molar-refractivity contribution in [3.63, 3.8) is 0 Å². The molecule has 184 valence electrons. The monoisotopic (exact) mass is 549 g/mol. The summed E-state index contributed by atoms with van der Waals surface area (Å²) in [6.45, 7) is 9.76. The van der Waals surface area contributed by atoms with Crippen LogP contribution in [0.1, 0.15) is 57.6 Å². The topological polar surface area (TPSA) is 52.7 Å². The van der Waals surface area contributed by atoms with Gasteiger partial charge in [-0.25, -0.2) is 0 Å². The minimum absolute atomic E-state index is 0.00100. The van der Waals surface area contributed by atoms with Gasteiger partial charge < -0.3 is 4.90 Å². The van der Waals surface area contributed by atoms with Crippen molar-refractivity contribution in [2.24, 2.45) is 0 Å². The number of amides is 2. The zero-order valence-electron chi connectivity index (χ0n) is 19.9. The predicted molar refractivity (Wildman–Crippen MR) is 149 cm³/mol. The molecule has 2 aromatic rings. The van der Waals surface area contributed by atoms with E-state index in [0.717, 1.165) is 30.6 Å². The first-order valence-corrected chi connectivity index (χ1v) is 13.0. The van der Waals surface area contributed by atoms with Crippen molar-refractivity contribution in [3.05, 3.63) is 62.1 Å². The number of hydrogen-bond acceptors (Lipinski definition) is 4. The number of halogens is 3. The molecular formula is C26H26Cl3N3O2S. The van der Waals surface area contributed by atoms with E-state index in [0.29, 0.717) is 27.2 Å². The van der Waals surface area contributed by atoms with Crippen LogP contribution in [0.4, 0.5) is 11.4 Å². The van der Waals surface area contributed by atoms with Gasteiger partial charge in [0.25, 0.3) is 11.8 Å². The van der Waals surface area contributed by atoms with Crippen LogP contribution >= 0.6 is 47.0 Å².